The molecule has 0 aliphatic heterocycles. The molecule has 1 aromatic rings. The lowest BCUT2D eigenvalue weighted by Crippen LogP contribution is -2.38. The highest BCUT2D eigenvalue weighted by Crippen LogP contribution is 2.41. The number of anilines is 1. The largest absolute Gasteiger partial charge is 0.399 e. The highest BCUT2D eigenvalue weighted by atomic mass is 14.9. The van der Waals surface area contributed by atoms with E-state index in [2.05, 4.69) is 24.4 Å². The lowest BCUT2D eigenvalue weighted by atomic mass is 9.70. The van der Waals surface area contributed by atoms with Gasteiger partial charge in [0.2, 0.25) is 0 Å². The van der Waals surface area contributed by atoms with E-state index in [4.69, 9.17) is 5.73 Å². The number of benzene rings is 1. The zero-order chi connectivity index (χ0) is 11.9. The predicted octanol–water partition coefficient (Wildman–Crippen LogP) is 3.04. The molecule has 1 atom stereocenters. The third-order valence-corrected chi connectivity index (χ3v) is 4.58. The second kappa shape index (κ2) is 4.02. The maximum atomic E-state index is 5.83. The minimum atomic E-state index is 0.558. The minimum Gasteiger partial charge on any atom is -0.399 e. The summed E-state index contributed by atoms with van der Waals surface area (Å²) in [5.41, 5.74) is 10.2. The summed E-state index contributed by atoms with van der Waals surface area (Å²) in [6.07, 6.45) is 6.60. The molecule has 2 aliphatic rings. The number of aryl methyl sites for hydroxylation is 1. The van der Waals surface area contributed by atoms with Crippen molar-refractivity contribution in [1.29, 1.82) is 0 Å². The van der Waals surface area contributed by atoms with Gasteiger partial charge >= 0.3 is 0 Å². The number of hydrogen-bond donors (Lipinski definition) is 2. The molecule has 2 heteroatoms. The van der Waals surface area contributed by atoms with Gasteiger partial charge in [-0.1, -0.05) is 19.4 Å². The zero-order valence-corrected chi connectivity index (χ0v) is 10.6. The normalized spacial score (nSPS) is 25.4. The summed E-state index contributed by atoms with van der Waals surface area (Å²) in [7, 11) is 0. The van der Waals surface area contributed by atoms with Crippen LogP contribution in [0.2, 0.25) is 0 Å². The molecule has 0 heterocycles. The third-order valence-electron chi connectivity index (χ3n) is 4.58. The summed E-state index contributed by atoms with van der Waals surface area (Å²) >= 11 is 0. The first kappa shape index (κ1) is 11.1. The summed E-state index contributed by atoms with van der Waals surface area (Å²) < 4.78 is 0. The van der Waals surface area contributed by atoms with Gasteiger partial charge < -0.3 is 11.1 Å². The van der Waals surface area contributed by atoms with Gasteiger partial charge in [-0.2, -0.15) is 0 Å². The van der Waals surface area contributed by atoms with Crippen molar-refractivity contribution in [2.45, 2.75) is 45.1 Å². The van der Waals surface area contributed by atoms with E-state index in [0.717, 1.165) is 5.69 Å². The quantitative estimate of drug-likeness (QED) is 0.783. The Kier molecular flexibility index (Phi) is 2.62. The Hall–Kier alpha value is -1.02. The summed E-state index contributed by atoms with van der Waals surface area (Å²) in [5.74, 6) is 0. The Balaban J connectivity index is 1.67. The van der Waals surface area contributed by atoms with Gasteiger partial charge in [0, 0.05) is 18.3 Å². The van der Waals surface area contributed by atoms with E-state index in [0.29, 0.717) is 11.5 Å². The van der Waals surface area contributed by atoms with Crippen LogP contribution in [0, 0.1) is 5.41 Å². The van der Waals surface area contributed by atoms with Crippen LogP contribution in [-0.4, -0.2) is 6.54 Å². The van der Waals surface area contributed by atoms with E-state index in [9.17, 15) is 0 Å². The molecule has 2 aliphatic carbocycles. The van der Waals surface area contributed by atoms with Gasteiger partial charge in [-0.3, -0.25) is 0 Å². The molecular formula is C15H22N2. The molecule has 2 nitrogen and oxygen atoms in total. The first-order valence-electron chi connectivity index (χ1n) is 6.78. The molecule has 17 heavy (non-hydrogen) atoms. The fraction of sp³-hybridized carbons (Fsp3) is 0.600. The zero-order valence-electron chi connectivity index (χ0n) is 10.6. The topological polar surface area (TPSA) is 38.0 Å². The van der Waals surface area contributed by atoms with Crippen molar-refractivity contribution in [3.8, 4) is 0 Å². The Morgan fingerprint density at radius 1 is 1.41 bits per heavy atom. The molecular weight excluding hydrogens is 208 g/mol. The standard InChI is InChI=1S/C15H22N2/c1-15(7-2-8-15)10-17-14-6-3-11-9-12(16)4-5-13(11)14/h4-5,9,14,17H,2-3,6-8,10,16H2,1H3. The van der Waals surface area contributed by atoms with Crippen LogP contribution in [0.5, 0.6) is 0 Å². The van der Waals surface area contributed by atoms with Gasteiger partial charge in [0.05, 0.1) is 0 Å². The van der Waals surface area contributed by atoms with Crippen LogP contribution >= 0.6 is 0 Å². The van der Waals surface area contributed by atoms with Crippen molar-refractivity contribution < 1.29 is 0 Å². The predicted molar refractivity (Wildman–Crippen MR) is 71.9 cm³/mol. The van der Waals surface area contributed by atoms with Gasteiger partial charge in [-0.25, -0.2) is 0 Å². The van der Waals surface area contributed by atoms with E-state index < -0.39 is 0 Å². The summed E-state index contributed by atoms with van der Waals surface area (Å²) in [4.78, 5) is 0. The number of hydrogen-bond acceptors (Lipinski definition) is 2. The fourth-order valence-electron chi connectivity index (χ4n) is 3.18. The van der Waals surface area contributed by atoms with E-state index in [1.807, 2.05) is 6.07 Å². The Morgan fingerprint density at radius 2 is 2.24 bits per heavy atom. The molecule has 0 radical (unpaired) electrons. The lowest BCUT2D eigenvalue weighted by Gasteiger charge is -2.39. The number of nitrogens with one attached hydrogen (secondary N) is 1. The van der Waals surface area contributed by atoms with Crippen molar-refractivity contribution >= 4 is 5.69 Å². The molecule has 0 spiro atoms. The van der Waals surface area contributed by atoms with Crippen molar-refractivity contribution in [1.82, 2.24) is 5.32 Å². The first-order chi connectivity index (χ1) is 8.16. The number of nitrogen functional groups attached to an aromatic ring is 1. The second-order valence-electron chi connectivity index (χ2n) is 6.09. The Morgan fingerprint density at radius 3 is 2.94 bits per heavy atom. The number of rotatable bonds is 3. The van der Waals surface area contributed by atoms with Gasteiger partial charge in [0.1, 0.15) is 0 Å². The third kappa shape index (κ3) is 2.06. The average molecular weight is 230 g/mol. The van der Waals surface area contributed by atoms with Crippen LogP contribution in [0.3, 0.4) is 0 Å². The average Bonchev–Trinajstić information content (AvgIpc) is 2.66. The first-order valence-corrected chi connectivity index (χ1v) is 6.78. The number of nitrogens with two attached hydrogens (primary N) is 1. The highest BCUT2D eigenvalue weighted by Gasteiger charge is 2.33. The molecule has 0 aromatic heterocycles. The van der Waals surface area contributed by atoms with Crippen LogP contribution in [0.15, 0.2) is 18.2 Å². The molecule has 0 saturated heterocycles. The number of fused-ring (bicyclic) bond motifs is 1. The summed E-state index contributed by atoms with van der Waals surface area (Å²) in [6.45, 7) is 3.57. The van der Waals surface area contributed by atoms with Gasteiger partial charge in [-0.15, -0.1) is 0 Å². The van der Waals surface area contributed by atoms with E-state index in [-0.39, 0.29) is 0 Å². The smallest absolute Gasteiger partial charge is 0.0326 e. The van der Waals surface area contributed by atoms with E-state index >= 15 is 0 Å². The molecule has 92 valence electrons. The van der Waals surface area contributed by atoms with Crippen LogP contribution in [0.1, 0.15) is 49.8 Å². The second-order valence-corrected chi connectivity index (χ2v) is 6.09. The minimum absolute atomic E-state index is 0.558. The van der Waals surface area contributed by atoms with Crippen molar-refractivity contribution in [3.05, 3.63) is 29.3 Å². The van der Waals surface area contributed by atoms with Crippen LogP contribution in [0.25, 0.3) is 0 Å². The van der Waals surface area contributed by atoms with Crippen molar-refractivity contribution in [2.75, 3.05) is 12.3 Å². The molecule has 1 unspecified atom stereocenters. The molecule has 3 rings (SSSR count). The van der Waals surface area contributed by atoms with Gasteiger partial charge in [-0.05, 0) is 54.4 Å². The monoisotopic (exact) mass is 230 g/mol. The Bertz CT molecular complexity index is 421. The molecule has 1 fully saturated rings. The summed E-state index contributed by atoms with van der Waals surface area (Å²) in [6, 6.07) is 6.94. The molecule has 3 N–H and O–H groups in total. The van der Waals surface area contributed by atoms with Crippen LogP contribution in [0.4, 0.5) is 5.69 Å². The molecule has 1 aromatic carbocycles. The SMILES string of the molecule is CC1(CNC2CCc3cc(N)ccc32)CCC1. The van der Waals surface area contributed by atoms with E-state index in [1.54, 1.807) is 0 Å². The molecule has 0 bridgehead atoms. The van der Waals surface area contributed by atoms with Crippen molar-refractivity contribution in [2.24, 2.45) is 5.41 Å². The Labute approximate surface area is 104 Å². The maximum absolute atomic E-state index is 5.83. The van der Waals surface area contributed by atoms with Gasteiger partial charge in [0.25, 0.3) is 0 Å². The molecule has 0 amide bonds. The molecule has 1 saturated carbocycles. The van der Waals surface area contributed by atoms with Crippen LogP contribution < -0.4 is 11.1 Å². The van der Waals surface area contributed by atoms with Crippen molar-refractivity contribution in [3.63, 3.8) is 0 Å². The highest BCUT2D eigenvalue weighted by molar-refractivity contribution is 5.47. The fourth-order valence-corrected chi connectivity index (χ4v) is 3.18. The summed E-state index contributed by atoms with van der Waals surface area (Å²) in [5, 5.41) is 3.76. The van der Waals surface area contributed by atoms with Crippen LogP contribution in [-0.2, 0) is 6.42 Å². The lowest BCUT2D eigenvalue weighted by molar-refractivity contribution is 0.150. The maximum Gasteiger partial charge on any atom is 0.0326 e. The van der Waals surface area contributed by atoms with Gasteiger partial charge in [0.15, 0.2) is 0 Å². The van der Waals surface area contributed by atoms with E-state index in [1.165, 1.54) is 49.8 Å².